The van der Waals surface area contributed by atoms with Crippen LogP contribution in [-0.4, -0.2) is 78.7 Å². The highest BCUT2D eigenvalue weighted by molar-refractivity contribution is 7.89. The maximum Gasteiger partial charge on any atom is 0.415 e. The molecule has 1 fully saturated rings. The van der Waals surface area contributed by atoms with Crippen molar-refractivity contribution in [3.63, 3.8) is 0 Å². The number of ether oxygens (including phenoxy) is 1. The van der Waals surface area contributed by atoms with E-state index in [-0.39, 0.29) is 42.7 Å². The van der Waals surface area contributed by atoms with Gasteiger partial charge >= 0.3 is 6.09 Å². The van der Waals surface area contributed by atoms with Gasteiger partial charge in [0.05, 0.1) is 29.8 Å². The molecule has 1 saturated heterocycles. The van der Waals surface area contributed by atoms with E-state index in [0.717, 1.165) is 5.56 Å². The van der Waals surface area contributed by atoms with Gasteiger partial charge < -0.3 is 19.7 Å². The Kier molecular flexibility index (Phi) is 9.85. The van der Waals surface area contributed by atoms with Gasteiger partial charge in [-0.15, -0.1) is 0 Å². The van der Waals surface area contributed by atoms with E-state index in [4.69, 9.17) is 9.26 Å². The van der Waals surface area contributed by atoms with Crippen LogP contribution in [0.15, 0.2) is 88.4 Å². The number of benzene rings is 3. The van der Waals surface area contributed by atoms with Gasteiger partial charge in [-0.3, -0.25) is 14.5 Å². The molecule has 0 spiro atoms. The van der Waals surface area contributed by atoms with E-state index in [0.29, 0.717) is 22.2 Å². The molecule has 3 aromatic carbocycles. The molecule has 1 aromatic heterocycles. The summed E-state index contributed by atoms with van der Waals surface area (Å²) in [5, 5.41) is 18.6. The first-order valence-corrected chi connectivity index (χ1v) is 16.3. The molecule has 0 bridgehead atoms. The van der Waals surface area contributed by atoms with E-state index in [9.17, 15) is 27.9 Å². The standard InChI is InChI=1S/C33H36N4O8S/c1-21(2)18-36(46(42,43)27-12-13-30-25(16-27)17-34-45-30)19-29(39)28(14-23-8-5-4-6-9-23)35-32(40)31-20-37(33(41)44-31)26-11-7-10-24(15-26)22(3)38/h4-13,15-17,21,28-29,31,39H,14,18-20H2,1-3H3,(H,35,40)/t28-,29+,31-/m0/s1. The van der Waals surface area contributed by atoms with Crippen molar-refractivity contribution in [2.45, 2.75) is 50.3 Å². The fourth-order valence-electron chi connectivity index (χ4n) is 5.30. The van der Waals surface area contributed by atoms with Crippen molar-refractivity contribution in [1.82, 2.24) is 14.8 Å². The van der Waals surface area contributed by atoms with Crippen LogP contribution in [0, 0.1) is 5.92 Å². The van der Waals surface area contributed by atoms with E-state index in [1.54, 1.807) is 24.3 Å². The van der Waals surface area contributed by atoms with Crippen LogP contribution in [0.25, 0.3) is 11.0 Å². The van der Waals surface area contributed by atoms with Crippen molar-refractivity contribution >= 4 is 44.5 Å². The van der Waals surface area contributed by atoms with Crippen LogP contribution in [0.1, 0.15) is 36.7 Å². The van der Waals surface area contributed by atoms with Gasteiger partial charge in [-0.2, -0.15) is 4.31 Å². The Labute approximate surface area is 267 Å². The van der Waals surface area contributed by atoms with Crippen LogP contribution in [0.4, 0.5) is 10.5 Å². The highest BCUT2D eigenvalue weighted by atomic mass is 32.2. The molecule has 5 rings (SSSR count). The number of hydrogen-bond acceptors (Lipinski definition) is 9. The lowest BCUT2D eigenvalue weighted by atomic mass is 10.0. The average Bonchev–Trinajstić information content (AvgIpc) is 3.67. The molecule has 2 heterocycles. The van der Waals surface area contributed by atoms with E-state index >= 15 is 0 Å². The molecule has 46 heavy (non-hydrogen) atoms. The second-order valence-corrected chi connectivity index (χ2v) is 13.6. The molecular weight excluding hydrogens is 612 g/mol. The minimum atomic E-state index is -4.07. The summed E-state index contributed by atoms with van der Waals surface area (Å²) in [5.74, 6) is -0.891. The molecule has 12 nitrogen and oxygen atoms in total. The second kappa shape index (κ2) is 13.8. The van der Waals surface area contributed by atoms with E-state index < -0.39 is 40.3 Å². The molecule has 0 unspecified atom stereocenters. The summed E-state index contributed by atoms with van der Waals surface area (Å²) in [7, 11) is -4.07. The number of amides is 2. The van der Waals surface area contributed by atoms with Crippen molar-refractivity contribution in [3.05, 3.63) is 90.1 Å². The lowest BCUT2D eigenvalue weighted by Gasteiger charge is -2.31. The van der Waals surface area contributed by atoms with Crippen LogP contribution < -0.4 is 10.2 Å². The Morgan fingerprint density at radius 3 is 2.54 bits per heavy atom. The van der Waals surface area contributed by atoms with Crippen molar-refractivity contribution in [2.24, 2.45) is 5.92 Å². The number of hydrogen-bond donors (Lipinski definition) is 2. The average molecular weight is 649 g/mol. The molecule has 13 heteroatoms. The molecule has 2 N–H and O–H groups in total. The summed E-state index contributed by atoms with van der Waals surface area (Å²) >= 11 is 0. The van der Waals surface area contributed by atoms with Crippen LogP contribution in [-0.2, 0) is 26.0 Å². The number of aromatic nitrogens is 1. The lowest BCUT2D eigenvalue weighted by Crippen LogP contribution is -2.53. The first-order chi connectivity index (χ1) is 21.9. The summed E-state index contributed by atoms with van der Waals surface area (Å²) in [4.78, 5) is 39.4. The minimum absolute atomic E-state index is 0.0199. The lowest BCUT2D eigenvalue weighted by molar-refractivity contribution is -0.129. The number of carbonyl (C=O) groups excluding carboxylic acids is 3. The van der Waals surface area contributed by atoms with Gasteiger partial charge in [0.1, 0.15) is 0 Å². The molecule has 242 valence electrons. The smallest absolute Gasteiger partial charge is 0.415 e. The van der Waals surface area contributed by atoms with Crippen molar-refractivity contribution < 1.29 is 37.2 Å². The monoisotopic (exact) mass is 648 g/mol. The zero-order chi connectivity index (χ0) is 33.0. The van der Waals surface area contributed by atoms with Gasteiger partial charge in [0, 0.05) is 29.7 Å². The molecule has 4 aromatic rings. The van der Waals surface area contributed by atoms with Gasteiger partial charge in [0.25, 0.3) is 5.91 Å². The maximum absolute atomic E-state index is 13.8. The molecule has 0 saturated carbocycles. The molecule has 0 aliphatic carbocycles. The fourth-order valence-corrected chi connectivity index (χ4v) is 6.96. The molecular formula is C33H36N4O8S. The van der Waals surface area contributed by atoms with Crippen LogP contribution >= 0.6 is 0 Å². The fraction of sp³-hybridized carbons (Fsp3) is 0.333. The second-order valence-electron chi connectivity index (χ2n) is 11.7. The van der Waals surface area contributed by atoms with Crippen LogP contribution in [0.2, 0.25) is 0 Å². The van der Waals surface area contributed by atoms with E-state index in [1.807, 2.05) is 44.2 Å². The topological polar surface area (TPSA) is 159 Å². The van der Waals surface area contributed by atoms with Crippen LogP contribution in [0.3, 0.4) is 0 Å². The highest BCUT2D eigenvalue weighted by Crippen LogP contribution is 2.25. The number of sulfonamides is 1. The quantitative estimate of drug-likeness (QED) is 0.206. The largest absolute Gasteiger partial charge is 0.434 e. The first kappa shape index (κ1) is 32.8. The number of fused-ring (bicyclic) bond motifs is 1. The molecule has 1 aliphatic heterocycles. The third-order valence-electron chi connectivity index (χ3n) is 7.68. The van der Waals surface area contributed by atoms with Gasteiger partial charge in [-0.05, 0) is 55.2 Å². The number of anilines is 1. The Balaban J connectivity index is 1.36. The Morgan fingerprint density at radius 1 is 1.07 bits per heavy atom. The van der Waals surface area contributed by atoms with E-state index in [1.165, 1.54) is 40.5 Å². The van der Waals surface area contributed by atoms with Gasteiger partial charge in [0.15, 0.2) is 17.5 Å². The Bertz CT molecular complexity index is 1830. The zero-order valence-corrected chi connectivity index (χ0v) is 26.5. The summed E-state index contributed by atoms with van der Waals surface area (Å²) < 4.78 is 39.4. The number of aliphatic hydroxyl groups excluding tert-OH is 1. The summed E-state index contributed by atoms with van der Waals surface area (Å²) in [6.45, 7) is 4.84. The number of aliphatic hydroxyl groups is 1. The third kappa shape index (κ3) is 7.44. The number of nitrogens with zero attached hydrogens (tertiary/aromatic N) is 3. The summed E-state index contributed by atoms with van der Waals surface area (Å²) in [5.41, 5.74) is 2.06. The third-order valence-corrected chi connectivity index (χ3v) is 9.51. The van der Waals surface area contributed by atoms with Gasteiger partial charge in [-0.1, -0.05) is 61.5 Å². The zero-order valence-electron chi connectivity index (χ0n) is 25.7. The van der Waals surface area contributed by atoms with Gasteiger partial charge in [-0.25, -0.2) is 13.2 Å². The molecule has 0 radical (unpaired) electrons. The predicted molar refractivity (Wildman–Crippen MR) is 170 cm³/mol. The van der Waals surface area contributed by atoms with Crippen molar-refractivity contribution in [3.8, 4) is 0 Å². The first-order valence-electron chi connectivity index (χ1n) is 14.9. The normalized spacial score (nSPS) is 16.5. The van der Waals surface area contributed by atoms with Crippen molar-refractivity contribution in [1.29, 1.82) is 0 Å². The maximum atomic E-state index is 13.8. The molecule has 1 aliphatic rings. The predicted octanol–water partition coefficient (Wildman–Crippen LogP) is 3.79. The number of nitrogens with one attached hydrogen (secondary N) is 1. The molecule has 3 atom stereocenters. The number of rotatable bonds is 13. The number of cyclic esters (lactones) is 1. The van der Waals surface area contributed by atoms with Gasteiger partial charge in [0.2, 0.25) is 10.0 Å². The SMILES string of the molecule is CC(=O)c1cccc(N2C[C@@H](C(=O)N[C@@H](Cc3ccccc3)[C@H](O)CN(CC(C)C)S(=O)(=O)c3ccc4oncc4c3)OC2=O)c1. The Morgan fingerprint density at radius 2 is 1.83 bits per heavy atom. The van der Waals surface area contributed by atoms with Crippen molar-refractivity contribution in [2.75, 3.05) is 24.5 Å². The van der Waals surface area contributed by atoms with Crippen LogP contribution in [0.5, 0.6) is 0 Å². The number of carbonyl (C=O) groups is 3. The highest BCUT2D eigenvalue weighted by Gasteiger charge is 2.39. The summed E-state index contributed by atoms with van der Waals surface area (Å²) in [6.07, 6.45) is -1.68. The number of Topliss-reactive ketones (excluding diaryl/α,β-unsaturated/α-hetero) is 1. The summed E-state index contributed by atoms with van der Waals surface area (Å²) in [6, 6.07) is 19.1. The van der Waals surface area contributed by atoms with E-state index in [2.05, 4.69) is 10.5 Å². The Hall–Kier alpha value is -4.59. The molecule has 2 amide bonds. The number of ketones is 1. The minimum Gasteiger partial charge on any atom is -0.434 e.